The molecule has 3 atom stereocenters. The molecule has 0 aromatic carbocycles. The van der Waals surface area contributed by atoms with Gasteiger partial charge in [0.2, 0.25) is 0 Å². The number of hydrogen-bond donors (Lipinski definition) is 1. The van der Waals surface area contributed by atoms with Gasteiger partial charge in [-0.3, -0.25) is 18.9 Å². The molecule has 0 bridgehead atoms. The Morgan fingerprint density at radius 2 is 2.39 bits per heavy atom. The van der Waals surface area contributed by atoms with Crippen molar-refractivity contribution in [3.63, 3.8) is 0 Å². The molecule has 2 rings (SSSR count). The summed E-state index contributed by atoms with van der Waals surface area (Å²) in [5, 5.41) is 0. The van der Waals surface area contributed by atoms with Gasteiger partial charge in [0.05, 0.1) is 12.7 Å². The molecule has 0 radical (unpaired) electrons. The van der Waals surface area contributed by atoms with Crippen molar-refractivity contribution >= 4 is 8.69 Å². The van der Waals surface area contributed by atoms with Gasteiger partial charge in [0.25, 0.3) is 5.56 Å². The molecule has 0 spiro atoms. The number of H-pyrrole nitrogens is 1. The van der Waals surface area contributed by atoms with Gasteiger partial charge in [-0.1, -0.05) is 6.92 Å². The molecule has 3 unspecified atom stereocenters. The number of aromatic amines is 1. The van der Waals surface area contributed by atoms with E-state index in [0.29, 0.717) is 6.42 Å². The Kier molecular flexibility index (Phi) is 4.06. The molecule has 1 fully saturated rings. The molecule has 0 amide bonds. The first-order valence-electron chi connectivity index (χ1n) is 5.53. The van der Waals surface area contributed by atoms with Gasteiger partial charge in [-0.05, 0) is 6.42 Å². The van der Waals surface area contributed by atoms with E-state index in [4.69, 9.17) is 9.26 Å². The third-order valence-corrected chi connectivity index (χ3v) is 3.15. The van der Waals surface area contributed by atoms with Gasteiger partial charge in [-0.2, -0.15) is 0 Å². The summed E-state index contributed by atoms with van der Waals surface area (Å²) < 4.78 is 22.0. The molecule has 18 heavy (non-hydrogen) atoms. The predicted molar refractivity (Wildman–Crippen MR) is 62.6 cm³/mol. The van der Waals surface area contributed by atoms with Crippen molar-refractivity contribution in [3.05, 3.63) is 33.1 Å². The lowest BCUT2D eigenvalue weighted by molar-refractivity contribution is -0.0280. The van der Waals surface area contributed by atoms with Crippen LogP contribution in [0.15, 0.2) is 21.9 Å². The quantitative estimate of drug-likeness (QED) is 0.814. The van der Waals surface area contributed by atoms with Crippen LogP contribution in [0.5, 0.6) is 0 Å². The highest BCUT2D eigenvalue weighted by molar-refractivity contribution is 7.17. The molecule has 2 heterocycles. The monoisotopic (exact) mass is 272 g/mol. The van der Waals surface area contributed by atoms with E-state index in [1.807, 2.05) is 6.92 Å². The van der Waals surface area contributed by atoms with Gasteiger partial charge < -0.3 is 4.74 Å². The average molecular weight is 272 g/mol. The number of rotatable bonds is 4. The van der Waals surface area contributed by atoms with Gasteiger partial charge in [-0.15, -0.1) is 0 Å². The second-order valence-electron chi connectivity index (χ2n) is 4.25. The smallest absolute Gasteiger partial charge is 0.330 e. The molecular formula is C10H13N2O5P. The highest BCUT2D eigenvalue weighted by Gasteiger charge is 2.34. The maximum atomic E-state index is 11.6. The van der Waals surface area contributed by atoms with Crippen molar-refractivity contribution in [1.82, 2.24) is 9.55 Å². The second-order valence-corrected chi connectivity index (χ2v) is 4.66. The summed E-state index contributed by atoms with van der Waals surface area (Å²) in [6.07, 6.45) is 1.47. The minimum atomic E-state index is -0.497. The number of aromatic nitrogens is 2. The molecular weight excluding hydrogens is 259 g/mol. The average Bonchev–Trinajstić information content (AvgIpc) is 2.68. The van der Waals surface area contributed by atoms with Crippen LogP contribution in [-0.2, 0) is 13.8 Å². The second kappa shape index (κ2) is 5.56. The zero-order valence-electron chi connectivity index (χ0n) is 9.74. The van der Waals surface area contributed by atoms with Crippen LogP contribution in [0.3, 0.4) is 0 Å². The Bertz CT molecular complexity index is 540. The Morgan fingerprint density at radius 3 is 3.06 bits per heavy atom. The summed E-state index contributed by atoms with van der Waals surface area (Å²) in [7, 11) is -0.385. The zero-order valence-corrected chi connectivity index (χ0v) is 10.6. The van der Waals surface area contributed by atoms with Crippen LogP contribution in [0, 0.1) is 5.92 Å². The highest BCUT2D eigenvalue weighted by Crippen LogP contribution is 2.33. The zero-order chi connectivity index (χ0) is 13.1. The van der Waals surface area contributed by atoms with Crippen molar-refractivity contribution in [2.24, 2.45) is 5.92 Å². The summed E-state index contributed by atoms with van der Waals surface area (Å²) in [5.74, 6) is 0.102. The third kappa shape index (κ3) is 2.75. The molecule has 1 aromatic rings. The van der Waals surface area contributed by atoms with Crippen molar-refractivity contribution in [3.8, 4) is 0 Å². The van der Waals surface area contributed by atoms with E-state index in [-0.39, 0.29) is 27.3 Å². The summed E-state index contributed by atoms with van der Waals surface area (Å²) >= 11 is 0. The lowest BCUT2D eigenvalue weighted by Crippen LogP contribution is -2.33. The van der Waals surface area contributed by atoms with Crippen molar-refractivity contribution < 1.29 is 13.8 Å². The fraction of sp³-hybridized carbons (Fsp3) is 0.600. The number of ether oxygens (including phenoxy) is 1. The molecule has 7 nitrogen and oxygen atoms in total. The van der Waals surface area contributed by atoms with E-state index in [1.54, 1.807) is 0 Å². The van der Waals surface area contributed by atoms with Crippen molar-refractivity contribution in [1.29, 1.82) is 0 Å². The van der Waals surface area contributed by atoms with E-state index in [0.717, 1.165) is 0 Å². The van der Waals surface area contributed by atoms with Crippen LogP contribution in [0.4, 0.5) is 0 Å². The van der Waals surface area contributed by atoms with E-state index in [2.05, 4.69) is 4.98 Å². The molecule has 1 aliphatic heterocycles. The first kappa shape index (κ1) is 13.1. The topological polar surface area (TPSA) is 90.4 Å². The Labute approximate surface area is 104 Å². The predicted octanol–water partition coefficient (Wildman–Crippen LogP) is 0.683. The first-order chi connectivity index (χ1) is 8.61. The van der Waals surface area contributed by atoms with Crippen LogP contribution in [0.25, 0.3) is 0 Å². The summed E-state index contributed by atoms with van der Waals surface area (Å²) in [6.45, 7) is 2.15. The van der Waals surface area contributed by atoms with E-state index < -0.39 is 17.5 Å². The molecule has 1 aliphatic rings. The van der Waals surface area contributed by atoms with Crippen LogP contribution >= 0.6 is 8.69 Å². The third-order valence-electron chi connectivity index (χ3n) is 2.89. The largest absolute Gasteiger partial charge is 0.352 e. The van der Waals surface area contributed by atoms with Crippen molar-refractivity contribution in [2.45, 2.75) is 25.7 Å². The van der Waals surface area contributed by atoms with E-state index in [9.17, 15) is 14.2 Å². The minimum absolute atomic E-state index is 0.102. The van der Waals surface area contributed by atoms with Gasteiger partial charge in [-0.25, -0.2) is 9.36 Å². The Morgan fingerprint density at radius 1 is 1.61 bits per heavy atom. The first-order valence-corrected chi connectivity index (χ1v) is 6.26. The summed E-state index contributed by atoms with van der Waals surface area (Å²) in [4.78, 5) is 24.8. The SMILES string of the molecule is CC1CC(COP=O)OC1n1ccc(=O)[nH]c1=O. The van der Waals surface area contributed by atoms with E-state index in [1.165, 1.54) is 16.8 Å². The highest BCUT2D eigenvalue weighted by atomic mass is 31.1. The lowest BCUT2D eigenvalue weighted by Gasteiger charge is -2.17. The Hall–Kier alpha value is -1.30. The molecule has 8 heteroatoms. The van der Waals surface area contributed by atoms with Gasteiger partial charge >= 0.3 is 14.4 Å². The Balaban J connectivity index is 2.16. The fourth-order valence-corrected chi connectivity index (χ4v) is 2.33. The molecule has 1 N–H and O–H groups in total. The van der Waals surface area contributed by atoms with Crippen LogP contribution in [0.2, 0.25) is 0 Å². The molecule has 98 valence electrons. The molecule has 0 aliphatic carbocycles. The number of hydrogen-bond acceptors (Lipinski definition) is 5. The lowest BCUT2D eigenvalue weighted by atomic mass is 10.1. The summed E-state index contributed by atoms with van der Waals surface area (Å²) in [5.41, 5.74) is -0.935. The van der Waals surface area contributed by atoms with E-state index >= 15 is 0 Å². The van der Waals surface area contributed by atoms with Crippen LogP contribution < -0.4 is 11.2 Å². The maximum absolute atomic E-state index is 11.6. The number of nitrogens with one attached hydrogen (secondary N) is 1. The van der Waals surface area contributed by atoms with Crippen LogP contribution in [-0.4, -0.2) is 22.3 Å². The standard InChI is InChI=1S/C10H13N2O5P/c1-6-4-7(5-16-18-15)17-9(6)12-3-2-8(13)11-10(12)14/h2-3,6-7,9H,4-5H2,1H3,(H,11,13,14). The number of nitrogens with zero attached hydrogens (tertiary/aromatic N) is 1. The van der Waals surface area contributed by atoms with Crippen molar-refractivity contribution in [2.75, 3.05) is 6.61 Å². The normalized spacial score (nSPS) is 27.7. The fourth-order valence-electron chi connectivity index (χ4n) is 2.11. The molecule has 0 saturated carbocycles. The van der Waals surface area contributed by atoms with Gasteiger partial charge in [0.15, 0.2) is 0 Å². The maximum Gasteiger partial charge on any atom is 0.330 e. The molecule has 1 aromatic heterocycles. The van der Waals surface area contributed by atoms with Crippen LogP contribution in [0.1, 0.15) is 19.6 Å². The summed E-state index contributed by atoms with van der Waals surface area (Å²) in [6, 6.07) is 1.28. The van der Waals surface area contributed by atoms with Gasteiger partial charge in [0.1, 0.15) is 6.23 Å². The van der Waals surface area contributed by atoms with Gasteiger partial charge in [0, 0.05) is 18.2 Å². The minimum Gasteiger partial charge on any atom is -0.352 e. The molecule has 1 saturated heterocycles.